The summed E-state index contributed by atoms with van der Waals surface area (Å²) in [4.78, 5) is 15.1. The van der Waals surface area contributed by atoms with Crippen molar-refractivity contribution < 1.29 is 4.79 Å². The molecule has 1 aliphatic heterocycles. The summed E-state index contributed by atoms with van der Waals surface area (Å²) in [5, 5.41) is 3.61. The van der Waals surface area contributed by atoms with Gasteiger partial charge in [0.1, 0.15) is 0 Å². The number of hydrogen-bond acceptors (Lipinski definition) is 2. The Labute approximate surface area is 124 Å². The highest BCUT2D eigenvalue weighted by molar-refractivity contribution is 5.85. The smallest absolute Gasteiger partial charge is 0.241 e. The molecule has 2 rings (SSSR count). The van der Waals surface area contributed by atoms with Gasteiger partial charge in [-0.2, -0.15) is 0 Å². The van der Waals surface area contributed by atoms with Crippen molar-refractivity contribution in [1.29, 1.82) is 0 Å². The van der Waals surface area contributed by atoms with Crippen LogP contribution in [0.4, 0.5) is 0 Å². The van der Waals surface area contributed by atoms with Crippen molar-refractivity contribution in [3.05, 3.63) is 0 Å². The molecule has 1 saturated carbocycles. The summed E-state index contributed by atoms with van der Waals surface area (Å²) in [6, 6.07) is 0.478. The van der Waals surface area contributed by atoms with Gasteiger partial charge in [-0.1, -0.05) is 53.9 Å². The maximum absolute atomic E-state index is 12.9. The Bertz CT molecular complexity index is 340. The van der Waals surface area contributed by atoms with E-state index in [9.17, 15) is 4.79 Å². The molecule has 20 heavy (non-hydrogen) atoms. The average molecular weight is 280 g/mol. The van der Waals surface area contributed by atoms with Gasteiger partial charge in [0.2, 0.25) is 5.91 Å². The minimum Gasteiger partial charge on any atom is -0.322 e. The van der Waals surface area contributed by atoms with E-state index in [2.05, 4.69) is 44.8 Å². The third-order valence-electron chi connectivity index (χ3n) is 5.22. The Kier molecular flexibility index (Phi) is 5.11. The van der Waals surface area contributed by atoms with Crippen LogP contribution in [0.1, 0.15) is 66.7 Å². The molecular weight excluding hydrogens is 248 g/mol. The van der Waals surface area contributed by atoms with Crippen molar-refractivity contribution in [2.24, 2.45) is 17.8 Å². The van der Waals surface area contributed by atoms with Gasteiger partial charge in [-0.15, -0.1) is 0 Å². The lowest BCUT2D eigenvalue weighted by atomic mass is 9.81. The highest BCUT2D eigenvalue weighted by atomic mass is 16.2. The Morgan fingerprint density at radius 1 is 1.15 bits per heavy atom. The molecule has 116 valence electrons. The number of nitrogens with one attached hydrogen (secondary N) is 1. The predicted octanol–water partition coefficient (Wildman–Crippen LogP) is 3.39. The van der Waals surface area contributed by atoms with Crippen LogP contribution in [0.15, 0.2) is 0 Å². The molecule has 4 unspecified atom stereocenters. The molecule has 2 aliphatic rings. The lowest BCUT2D eigenvalue weighted by molar-refractivity contribution is -0.135. The minimum atomic E-state index is 0.0156. The highest BCUT2D eigenvalue weighted by Crippen LogP contribution is 2.35. The molecule has 4 atom stereocenters. The molecule has 0 radical (unpaired) electrons. The van der Waals surface area contributed by atoms with Crippen molar-refractivity contribution >= 4 is 5.91 Å². The Morgan fingerprint density at radius 2 is 1.80 bits per heavy atom. The van der Waals surface area contributed by atoms with E-state index in [0.29, 0.717) is 29.7 Å². The molecule has 1 amide bonds. The molecule has 0 aromatic rings. The summed E-state index contributed by atoms with van der Waals surface area (Å²) in [6.45, 7) is 11.0. The molecule has 1 N–H and O–H groups in total. The molecule has 3 heteroatoms. The summed E-state index contributed by atoms with van der Waals surface area (Å²) in [7, 11) is 0. The van der Waals surface area contributed by atoms with Crippen molar-refractivity contribution in [2.45, 2.75) is 85.0 Å². The lowest BCUT2D eigenvalue weighted by Gasteiger charge is -2.41. The quantitative estimate of drug-likeness (QED) is 0.856. The van der Waals surface area contributed by atoms with Gasteiger partial charge in [-0.25, -0.2) is 0 Å². The zero-order valence-corrected chi connectivity index (χ0v) is 13.9. The van der Waals surface area contributed by atoms with Gasteiger partial charge < -0.3 is 4.90 Å². The number of carbonyl (C=O) groups excluding carboxylic acids is 1. The van der Waals surface area contributed by atoms with Crippen LogP contribution in [0.3, 0.4) is 0 Å². The van der Waals surface area contributed by atoms with Gasteiger partial charge in [-0.3, -0.25) is 10.1 Å². The van der Waals surface area contributed by atoms with E-state index in [1.807, 2.05) is 0 Å². The SMILES string of the molecule is CCC1CCCCC1N1C(=O)C(C(C)C)NC1C(C)C. The van der Waals surface area contributed by atoms with Crippen molar-refractivity contribution in [2.75, 3.05) is 0 Å². The number of hydrogen-bond donors (Lipinski definition) is 1. The fourth-order valence-corrected chi connectivity index (χ4v) is 4.02. The molecule has 1 heterocycles. The first-order valence-electron chi connectivity index (χ1n) is 8.55. The Hall–Kier alpha value is -0.570. The van der Waals surface area contributed by atoms with Gasteiger partial charge >= 0.3 is 0 Å². The van der Waals surface area contributed by atoms with E-state index < -0.39 is 0 Å². The number of carbonyl (C=O) groups is 1. The number of nitrogens with zero attached hydrogens (tertiary/aromatic N) is 1. The summed E-state index contributed by atoms with van der Waals surface area (Å²) >= 11 is 0. The molecule has 3 nitrogen and oxygen atoms in total. The molecule has 1 saturated heterocycles. The van der Waals surface area contributed by atoms with Crippen LogP contribution >= 0.6 is 0 Å². The number of rotatable bonds is 4. The first-order chi connectivity index (χ1) is 9.47. The maximum Gasteiger partial charge on any atom is 0.241 e. The average Bonchev–Trinajstić information content (AvgIpc) is 2.76. The molecule has 0 aromatic carbocycles. The molecule has 1 aliphatic carbocycles. The normalized spacial score (nSPS) is 35.4. The van der Waals surface area contributed by atoms with Gasteiger partial charge in [0, 0.05) is 6.04 Å². The monoisotopic (exact) mass is 280 g/mol. The standard InChI is InChI=1S/C17H32N2O/c1-6-13-9-7-8-10-14(13)19-16(12(4)5)18-15(11(2)3)17(19)20/h11-16,18H,6-10H2,1-5H3. The van der Waals surface area contributed by atoms with Crippen LogP contribution in [0, 0.1) is 17.8 Å². The Morgan fingerprint density at radius 3 is 2.35 bits per heavy atom. The second-order valence-electron chi connectivity index (χ2n) is 7.34. The van der Waals surface area contributed by atoms with E-state index in [4.69, 9.17) is 0 Å². The van der Waals surface area contributed by atoms with Crippen LogP contribution in [0.25, 0.3) is 0 Å². The summed E-state index contributed by atoms with van der Waals surface area (Å²) in [6.07, 6.45) is 6.53. The zero-order chi connectivity index (χ0) is 14.9. The minimum absolute atomic E-state index is 0.0156. The fourth-order valence-electron chi connectivity index (χ4n) is 4.02. The first-order valence-corrected chi connectivity index (χ1v) is 8.55. The van der Waals surface area contributed by atoms with Crippen molar-refractivity contribution in [3.63, 3.8) is 0 Å². The predicted molar refractivity (Wildman–Crippen MR) is 83.3 cm³/mol. The summed E-state index contributed by atoms with van der Waals surface area (Å²) < 4.78 is 0. The second-order valence-corrected chi connectivity index (χ2v) is 7.34. The molecular formula is C17H32N2O. The fraction of sp³-hybridized carbons (Fsp3) is 0.941. The third-order valence-corrected chi connectivity index (χ3v) is 5.22. The molecule has 0 spiro atoms. The van der Waals surface area contributed by atoms with Crippen molar-refractivity contribution in [1.82, 2.24) is 10.2 Å². The summed E-state index contributed by atoms with van der Waals surface area (Å²) in [5.74, 6) is 1.89. The van der Waals surface area contributed by atoms with Gasteiger partial charge in [-0.05, 0) is 30.6 Å². The summed E-state index contributed by atoms with van der Waals surface area (Å²) in [5.41, 5.74) is 0. The molecule has 0 aromatic heterocycles. The highest BCUT2D eigenvalue weighted by Gasteiger charge is 2.46. The van der Waals surface area contributed by atoms with Crippen LogP contribution < -0.4 is 5.32 Å². The van der Waals surface area contributed by atoms with E-state index in [0.717, 1.165) is 0 Å². The van der Waals surface area contributed by atoms with Crippen molar-refractivity contribution in [3.8, 4) is 0 Å². The topological polar surface area (TPSA) is 32.3 Å². The van der Waals surface area contributed by atoms with E-state index in [1.54, 1.807) is 0 Å². The molecule has 0 bridgehead atoms. The van der Waals surface area contributed by atoms with E-state index in [-0.39, 0.29) is 12.2 Å². The van der Waals surface area contributed by atoms with Crippen LogP contribution in [0.5, 0.6) is 0 Å². The van der Waals surface area contributed by atoms with E-state index in [1.165, 1.54) is 32.1 Å². The van der Waals surface area contributed by atoms with Crippen LogP contribution in [-0.2, 0) is 4.79 Å². The van der Waals surface area contributed by atoms with Gasteiger partial charge in [0.05, 0.1) is 12.2 Å². The second kappa shape index (κ2) is 6.46. The molecule has 2 fully saturated rings. The van der Waals surface area contributed by atoms with E-state index >= 15 is 0 Å². The van der Waals surface area contributed by atoms with Crippen LogP contribution in [0.2, 0.25) is 0 Å². The largest absolute Gasteiger partial charge is 0.322 e. The zero-order valence-electron chi connectivity index (χ0n) is 13.9. The third kappa shape index (κ3) is 2.88. The maximum atomic E-state index is 12.9. The lowest BCUT2D eigenvalue weighted by Crippen LogP contribution is -2.51. The van der Waals surface area contributed by atoms with Crippen LogP contribution in [-0.4, -0.2) is 29.1 Å². The first kappa shape index (κ1) is 15.8. The van der Waals surface area contributed by atoms with Gasteiger partial charge in [0.15, 0.2) is 0 Å². The Balaban J connectivity index is 2.23. The number of amides is 1. The van der Waals surface area contributed by atoms with Gasteiger partial charge in [0.25, 0.3) is 0 Å².